The number of carbonyl (C=O) groups excluding carboxylic acids is 1. The Hall–Kier alpha value is -3.41. The first-order valence-electron chi connectivity index (χ1n) is 11.7. The van der Waals surface area contributed by atoms with Crippen molar-refractivity contribution in [1.82, 2.24) is 9.97 Å². The molecule has 1 fully saturated rings. The third kappa shape index (κ3) is 5.16. The zero-order valence-electron chi connectivity index (χ0n) is 19.6. The lowest BCUT2D eigenvalue weighted by molar-refractivity contribution is -0.147. The number of rotatable bonds is 9. The predicted molar refractivity (Wildman–Crippen MR) is 133 cm³/mol. The summed E-state index contributed by atoms with van der Waals surface area (Å²) in [5, 5.41) is 6.87. The lowest BCUT2D eigenvalue weighted by Crippen LogP contribution is -2.33. The Morgan fingerprint density at radius 2 is 1.82 bits per heavy atom. The molecule has 0 bridgehead atoms. The van der Waals surface area contributed by atoms with E-state index in [1.165, 1.54) is 26.4 Å². The molecule has 0 radical (unpaired) electrons. The lowest BCUT2D eigenvalue weighted by atomic mass is 9.78. The van der Waals surface area contributed by atoms with Gasteiger partial charge in [-0.05, 0) is 50.3 Å². The van der Waals surface area contributed by atoms with Crippen LogP contribution in [-0.4, -0.2) is 29.1 Å². The summed E-state index contributed by atoms with van der Waals surface area (Å²) in [6.45, 7) is 4.01. The maximum Gasteiger partial charge on any atom is 0.315 e. The molecule has 0 saturated heterocycles. The fraction of sp³-hybridized carbons (Fsp3) is 0.370. The van der Waals surface area contributed by atoms with Crippen molar-refractivity contribution >= 4 is 23.4 Å². The second kappa shape index (κ2) is 10.0. The van der Waals surface area contributed by atoms with Gasteiger partial charge in [-0.2, -0.15) is 4.98 Å². The number of anilines is 3. The molecule has 6 nitrogen and oxygen atoms in total. The van der Waals surface area contributed by atoms with Gasteiger partial charge in [0.05, 0.1) is 18.2 Å². The summed E-state index contributed by atoms with van der Waals surface area (Å²) in [5.41, 5.74) is 3.05. The highest BCUT2D eigenvalue weighted by Crippen LogP contribution is 2.32. The van der Waals surface area contributed by atoms with Gasteiger partial charge in [0.1, 0.15) is 5.82 Å². The number of benzene rings is 2. The van der Waals surface area contributed by atoms with Gasteiger partial charge in [-0.15, -0.1) is 0 Å². The first-order chi connectivity index (χ1) is 16.0. The molecular weight excluding hydrogens is 412 g/mol. The van der Waals surface area contributed by atoms with Crippen molar-refractivity contribution in [2.75, 3.05) is 17.7 Å². The number of aromatic nitrogens is 2. The zero-order valence-corrected chi connectivity index (χ0v) is 19.6. The Morgan fingerprint density at radius 1 is 1.09 bits per heavy atom. The van der Waals surface area contributed by atoms with Crippen LogP contribution in [0.1, 0.15) is 51.5 Å². The van der Waals surface area contributed by atoms with E-state index in [0.29, 0.717) is 12.0 Å². The Morgan fingerprint density at radius 3 is 2.42 bits per heavy atom. The minimum atomic E-state index is -0.661. The molecule has 2 aromatic carbocycles. The van der Waals surface area contributed by atoms with Crippen molar-refractivity contribution in [3.05, 3.63) is 66.2 Å². The summed E-state index contributed by atoms with van der Waals surface area (Å²) < 4.78 is 5.08. The van der Waals surface area contributed by atoms with Gasteiger partial charge in [0.2, 0.25) is 5.95 Å². The third-order valence-electron chi connectivity index (χ3n) is 6.42. The van der Waals surface area contributed by atoms with Gasteiger partial charge < -0.3 is 15.4 Å². The molecule has 33 heavy (non-hydrogen) atoms. The molecule has 1 unspecified atom stereocenters. The number of methoxy groups -OCH3 is 1. The summed E-state index contributed by atoms with van der Waals surface area (Å²) in [6.07, 6.45) is 5.22. The molecule has 0 spiro atoms. The molecule has 4 rings (SSSR count). The number of hydrogen-bond donors (Lipinski definition) is 2. The standard InChI is InChI=1S/C27H32N4O2/c1-4-17-27(2,25(32)33-3)20-13-15-22(16-14-20)29-26-30-23(19-9-6-5-7-10-19)18-24(31-26)28-21-11-8-12-21/h5-7,9-10,13-16,18,21H,4,8,11-12,17H2,1-3H3,(H2,28,29,30,31). The number of nitrogens with one attached hydrogen (secondary N) is 2. The lowest BCUT2D eigenvalue weighted by Gasteiger charge is -2.27. The van der Waals surface area contributed by atoms with Crippen LogP contribution < -0.4 is 10.6 Å². The highest BCUT2D eigenvalue weighted by Gasteiger charge is 2.35. The molecule has 6 heteroatoms. The van der Waals surface area contributed by atoms with Crippen molar-refractivity contribution in [2.45, 2.75) is 57.4 Å². The van der Waals surface area contributed by atoms with Gasteiger partial charge in [-0.25, -0.2) is 4.98 Å². The summed E-state index contributed by atoms with van der Waals surface area (Å²) in [4.78, 5) is 21.9. The summed E-state index contributed by atoms with van der Waals surface area (Å²) in [5.74, 6) is 1.15. The molecule has 1 atom stereocenters. The molecule has 2 N–H and O–H groups in total. The molecule has 0 amide bonds. The number of ether oxygens (including phenoxy) is 1. The fourth-order valence-corrected chi connectivity index (χ4v) is 4.24. The third-order valence-corrected chi connectivity index (χ3v) is 6.42. The van der Waals surface area contributed by atoms with Crippen molar-refractivity contribution in [3.63, 3.8) is 0 Å². The van der Waals surface area contributed by atoms with E-state index in [0.717, 1.165) is 41.2 Å². The molecule has 172 valence electrons. The summed E-state index contributed by atoms with van der Waals surface area (Å²) in [7, 11) is 1.44. The highest BCUT2D eigenvalue weighted by atomic mass is 16.5. The topological polar surface area (TPSA) is 76.1 Å². The smallest absolute Gasteiger partial charge is 0.315 e. The first kappa shape index (κ1) is 22.8. The van der Waals surface area contributed by atoms with E-state index < -0.39 is 5.41 Å². The van der Waals surface area contributed by atoms with E-state index in [1.54, 1.807) is 0 Å². The SMILES string of the molecule is CCCC(C)(C(=O)OC)c1ccc(Nc2nc(NC3CCC3)cc(-c3ccccc3)n2)cc1. The first-order valence-corrected chi connectivity index (χ1v) is 11.7. The maximum atomic E-state index is 12.5. The average Bonchev–Trinajstić information content (AvgIpc) is 2.82. The van der Waals surface area contributed by atoms with Crippen LogP contribution in [-0.2, 0) is 14.9 Å². The molecule has 1 aliphatic carbocycles. The van der Waals surface area contributed by atoms with Gasteiger partial charge in [0.15, 0.2) is 0 Å². The van der Waals surface area contributed by atoms with Crippen molar-refractivity contribution in [2.24, 2.45) is 0 Å². The van der Waals surface area contributed by atoms with Crippen LogP contribution in [0.5, 0.6) is 0 Å². The van der Waals surface area contributed by atoms with E-state index in [9.17, 15) is 4.79 Å². The molecule has 1 aromatic heterocycles. The van der Waals surface area contributed by atoms with Crippen LogP contribution >= 0.6 is 0 Å². The van der Waals surface area contributed by atoms with E-state index in [-0.39, 0.29) is 5.97 Å². The summed E-state index contributed by atoms with van der Waals surface area (Å²) >= 11 is 0. The monoisotopic (exact) mass is 444 g/mol. The molecular formula is C27H32N4O2. The number of hydrogen-bond acceptors (Lipinski definition) is 6. The van der Waals surface area contributed by atoms with Crippen molar-refractivity contribution in [3.8, 4) is 11.3 Å². The van der Waals surface area contributed by atoms with E-state index in [4.69, 9.17) is 14.7 Å². The second-order valence-corrected chi connectivity index (χ2v) is 8.88. The number of esters is 1. The normalized spacial score (nSPS) is 15.2. The Balaban J connectivity index is 1.60. The quantitative estimate of drug-likeness (QED) is 0.389. The van der Waals surface area contributed by atoms with E-state index >= 15 is 0 Å². The number of nitrogens with zero attached hydrogens (tertiary/aromatic N) is 2. The second-order valence-electron chi connectivity index (χ2n) is 8.88. The minimum Gasteiger partial charge on any atom is -0.468 e. The van der Waals surface area contributed by atoms with Crippen molar-refractivity contribution < 1.29 is 9.53 Å². The molecule has 3 aromatic rings. The zero-order chi connectivity index (χ0) is 23.3. The van der Waals surface area contributed by atoms with Gasteiger partial charge >= 0.3 is 5.97 Å². The van der Waals surface area contributed by atoms with Gasteiger partial charge in [-0.3, -0.25) is 4.79 Å². The van der Waals surface area contributed by atoms with Crippen molar-refractivity contribution in [1.29, 1.82) is 0 Å². The molecule has 1 aliphatic rings. The van der Waals surface area contributed by atoms with Crippen LogP contribution in [0.4, 0.5) is 17.5 Å². The minimum absolute atomic E-state index is 0.212. The maximum absolute atomic E-state index is 12.5. The van der Waals surface area contributed by atoms with Crippen LogP contribution in [0.25, 0.3) is 11.3 Å². The van der Waals surface area contributed by atoms with Gasteiger partial charge in [0.25, 0.3) is 0 Å². The number of carbonyl (C=O) groups is 1. The Bertz CT molecular complexity index is 1080. The Kier molecular flexibility index (Phi) is 6.92. The summed E-state index contributed by atoms with van der Waals surface area (Å²) in [6, 6.07) is 20.5. The van der Waals surface area contributed by atoms with Crippen LogP contribution in [0.3, 0.4) is 0 Å². The average molecular weight is 445 g/mol. The van der Waals surface area contributed by atoms with Crippen LogP contribution in [0, 0.1) is 0 Å². The molecule has 1 saturated carbocycles. The Labute approximate surface area is 195 Å². The van der Waals surface area contributed by atoms with E-state index in [2.05, 4.69) is 29.7 Å². The van der Waals surface area contributed by atoms with Gasteiger partial charge in [-0.1, -0.05) is 55.8 Å². The van der Waals surface area contributed by atoms with Crippen LogP contribution in [0.2, 0.25) is 0 Å². The van der Waals surface area contributed by atoms with E-state index in [1.807, 2.05) is 55.5 Å². The van der Waals surface area contributed by atoms with Crippen LogP contribution in [0.15, 0.2) is 60.7 Å². The van der Waals surface area contributed by atoms with Gasteiger partial charge in [0, 0.05) is 23.4 Å². The highest BCUT2D eigenvalue weighted by molar-refractivity contribution is 5.82. The fourth-order valence-electron chi connectivity index (χ4n) is 4.24. The largest absolute Gasteiger partial charge is 0.468 e. The molecule has 1 heterocycles. The molecule has 0 aliphatic heterocycles. The predicted octanol–water partition coefficient (Wildman–Crippen LogP) is 6.08.